The van der Waals surface area contributed by atoms with Crippen LogP contribution in [0.5, 0.6) is 5.75 Å². The number of amides is 1. The van der Waals surface area contributed by atoms with Crippen LogP contribution in [0.15, 0.2) is 41.3 Å². The minimum Gasteiger partial charge on any atom is -0.484 e. The first kappa shape index (κ1) is 12.0. The fourth-order valence-electron chi connectivity index (χ4n) is 1.37. The second-order valence-electron chi connectivity index (χ2n) is 3.60. The molecule has 0 radical (unpaired) electrons. The highest BCUT2D eigenvalue weighted by Crippen LogP contribution is 2.17. The van der Waals surface area contributed by atoms with Crippen LogP contribution in [0, 0.1) is 0 Å². The fourth-order valence-corrected chi connectivity index (χ4v) is 1.37. The molecule has 1 aromatic carbocycles. The van der Waals surface area contributed by atoms with Crippen LogP contribution >= 0.6 is 0 Å². The molecule has 6 nitrogen and oxygen atoms in total. The van der Waals surface area contributed by atoms with Gasteiger partial charge in [-0.25, -0.2) is 4.98 Å². The lowest BCUT2D eigenvalue weighted by Crippen LogP contribution is -2.20. The Morgan fingerprint density at radius 1 is 1.50 bits per heavy atom. The number of anilines is 1. The van der Waals surface area contributed by atoms with Gasteiger partial charge in [0.1, 0.15) is 11.5 Å². The molecule has 0 bridgehead atoms. The molecule has 0 aliphatic carbocycles. The number of hydrogen-bond donors (Lipinski definition) is 2. The Hall–Kier alpha value is -2.50. The van der Waals surface area contributed by atoms with E-state index in [9.17, 15) is 4.79 Å². The molecule has 2 rings (SSSR count). The van der Waals surface area contributed by atoms with Crippen molar-refractivity contribution >= 4 is 11.6 Å². The zero-order chi connectivity index (χ0) is 12.8. The van der Waals surface area contributed by atoms with Crippen LogP contribution in [-0.2, 0) is 11.3 Å². The number of oxazole rings is 1. The Bertz CT molecular complexity index is 511. The summed E-state index contributed by atoms with van der Waals surface area (Å²) in [6.07, 6.45) is 3.02. The summed E-state index contributed by atoms with van der Waals surface area (Å²) >= 11 is 0. The summed E-state index contributed by atoms with van der Waals surface area (Å²) in [4.78, 5) is 14.4. The average Bonchev–Trinajstić information content (AvgIpc) is 2.87. The first-order chi connectivity index (χ1) is 8.74. The van der Waals surface area contributed by atoms with Crippen molar-refractivity contribution in [3.05, 3.63) is 42.6 Å². The van der Waals surface area contributed by atoms with Crippen LogP contribution < -0.4 is 15.8 Å². The Morgan fingerprint density at radius 2 is 2.39 bits per heavy atom. The summed E-state index contributed by atoms with van der Waals surface area (Å²) in [5.41, 5.74) is 5.86. The van der Waals surface area contributed by atoms with E-state index < -0.39 is 5.91 Å². The summed E-state index contributed by atoms with van der Waals surface area (Å²) in [6, 6.07) is 7.23. The number of rotatable bonds is 6. The van der Waals surface area contributed by atoms with Gasteiger partial charge in [-0.15, -0.1) is 0 Å². The van der Waals surface area contributed by atoms with E-state index in [1.807, 2.05) is 12.1 Å². The molecule has 0 saturated heterocycles. The van der Waals surface area contributed by atoms with Gasteiger partial charge in [0, 0.05) is 11.8 Å². The number of nitrogens with two attached hydrogens (primary N) is 1. The molecule has 0 saturated carbocycles. The lowest BCUT2D eigenvalue weighted by Gasteiger charge is -2.07. The van der Waals surface area contributed by atoms with Crippen molar-refractivity contribution in [3.8, 4) is 5.75 Å². The maximum atomic E-state index is 10.6. The zero-order valence-electron chi connectivity index (χ0n) is 9.63. The van der Waals surface area contributed by atoms with E-state index in [1.54, 1.807) is 18.3 Å². The van der Waals surface area contributed by atoms with Gasteiger partial charge in [-0.3, -0.25) is 4.79 Å². The number of carbonyl (C=O) groups is 1. The van der Waals surface area contributed by atoms with Gasteiger partial charge in [0.25, 0.3) is 5.91 Å². The first-order valence-electron chi connectivity index (χ1n) is 5.36. The number of nitrogens with zero attached hydrogens (tertiary/aromatic N) is 1. The lowest BCUT2D eigenvalue weighted by molar-refractivity contribution is -0.119. The van der Waals surface area contributed by atoms with Gasteiger partial charge < -0.3 is 20.2 Å². The molecule has 0 unspecified atom stereocenters. The number of ether oxygens (including phenoxy) is 1. The topological polar surface area (TPSA) is 90.4 Å². The van der Waals surface area contributed by atoms with E-state index in [1.165, 1.54) is 6.39 Å². The second kappa shape index (κ2) is 5.72. The van der Waals surface area contributed by atoms with Gasteiger partial charge >= 0.3 is 0 Å². The molecule has 0 aliphatic rings. The summed E-state index contributed by atoms with van der Waals surface area (Å²) in [6.45, 7) is 0.394. The maximum Gasteiger partial charge on any atom is 0.255 e. The van der Waals surface area contributed by atoms with E-state index in [4.69, 9.17) is 14.9 Å². The van der Waals surface area contributed by atoms with E-state index in [0.717, 1.165) is 11.4 Å². The van der Waals surface area contributed by atoms with Gasteiger partial charge in [-0.2, -0.15) is 0 Å². The van der Waals surface area contributed by atoms with Crippen molar-refractivity contribution in [1.29, 1.82) is 0 Å². The summed E-state index contributed by atoms with van der Waals surface area (Å²) < 4.78 is 10.3. The molecule has 0 spiro atoms. The van der Waals surface area contributed by atoms with E-state index >= 15 is 0 Å². The number of benzene rings is 1. The predicted octanol–water partition coefficient (Wildman–Crippen LogP) is 1.15. The number of carbonyl (C=O) groups excluding carboxylic acids is 1. The second-order valence-corrected chi connectivity index (χ2v) is 3.60. The highest BCUT2D eigenvalue weighted by molar-refractivity contribution is 5.75. The van der Waals surface area contributed by atoms with Crippen molar-refractivity contribution in [2.75, 3.05) is 11.9 Å². The Kier molecular flexibility index (Phi) is 3.80. The van der Waals surface area contributed by atoms with Crippen LogP contribution in [-0.4, -0.2) is 17.5 Å². The molecule has 94 valence electrons. The molecule has 0 aliphatic heterocycles. The highest BCUT2D eigenvalue weighted by atomic mass is 16.5. The predicted molar refractivity (Wildman–Crippen MR) is 65.0 cm³/mol. The van der Waals surface area contributed by atoms with Crippen LogP contribution in [0.3, 0.4) is 0 Å². The SMILES string of the molecule is NC(=O)COc1cccc(NCc2cnco2)c1. The molecular weight excluding hydrogens is 234 g/mol. The molecule has 6 heteroatoms. The number of hydrogen-bond acceptors (Lipinski definition) is 5. The highest BCUT2D eigenvalue weighted by Gasteiger charge is 2.00. The Labute approximate surface area is 104 Å². The van der Waals surface area contributed by atoms with Crippen LogP contribution in [0.25, 0.3) is 0 Å². The molecule has 1 aromatic heterocycles. The third-order valence-electron chi connectivity index (χ3n) is 2.17. The third kappa shape index (κ3) is 3.51. The Morgan fingerprint density at radius 3 is 3.11 bits per heavy atom. The molecule has 0 fully saturated rings. The molecule has 0 atom stereocenters. The summed E-state index contributed by atoms with van der Waals surface area (Å²) in [5, 5.41) is 3.15. The van der Waals surface area contributed by atoms with E-state index in [-0.39, 0.29) is 6.61 Å². The molecule has 2 aromatic rings. The smallest absolute Gasteiger partial charge is 0.255 e. The van der Waals surface area contributed by atoms with E-state index in [0.29, 0.717) is 12.3 Å². The zero-order valence-corrected chi connectivity index (χ0v) is 9.63. The number of aromatic nitrogens is 1. The molecule has 3 N–H and O–H groups in total. The average molecular weight is 247 g/mol. The van der Waals surface area contributed by atoms with Gasteiger partial charge in [0.15, 0.2) is 13.0 Å². The minimum atomic E-state index is -0.505. The minimum absolute atomic E-state index is 0.133. The molecule has 1 amide bonds. The van der Waals surface area contributed by atoms with E-state index in [2.05, 4.69) is 10.3 Å². The molecule has 1 heterocycles. The van der Waals surface area contributed by atoms with Crippen molar-refractivity contribution in [1.82, 2.24) is 4.98 Å². The largest absolute Gasteiger partial charge is 0.484 e. The van der Waals surface area contributed by atoms with Crippen LogP contribution in [0.1, 0.15) is 5.76 Å². The van der Waals surface area contributed by atoms with Gasteiger partial charge in [-0.05, 0) is 12.1 Å². The first-order valence-corrected chi connectivity index (χ1v) is 5.36. The van der Waals surface area contributed by atoms with Crippen molar-refractivity contribution < 1.29 is 13.9 Å². The van der Waals surface area contributed by atoms with Crippen LogP contribution in [0.2, 0.25) is 0 Å². The monoisotopic (exact) mass is 247 g/mol. The van der Waals surface area contributed by atoms with Crippen molar-refractivity contribution in [2.45, 2.75) is 6.54 Å². The normalized spacial score (nSPS) is 10.0. The van der Waals surface area contributed by atoms with Gasteiger partial charge in [0.05, 0.1) is 12.7 Å². The van der Waals surface area contributed by atoms with Gasteiger partial charge in [0.2, 0.25) is 0 Å². The quantitative estimate of drug-likeness (QED) is 0.799. The van der Waals surface area contributed by atoms with Crippen molar-refractivity contribution in [3.63, 3.8) is 0 Å². The van der Waals surface area contributed by atoms with Crippen LogP contribution in [0.4, 0.5) is 5.69 Å². The fraction of sp³-hybridized carbons (Fsp3) is 0.167. The molecular formula is C12H13N3O3. The maximum absolute atomic E-state index is 10.6. The summed E-state index contributed by atoms with van der Waals surface area (Å²) in [5.74, 6) is 0.810. The van der Waals surface area contributed by atoms with Crippen molar-refractivity contribution in [2.24, 2.45) is 5.73 Å². The Balaban J connectivity index is 1.92. The third-order valence-corrected chi connectivity index (χ3v) is 2.17. The molecule has 18 heavy (non-hydrogen) atoms. The standard InChI is InChI=1S/C12H13N3O3/c13-12(16)7-17-10-3-1-2-9(4-10)15-6-11-5-14-8-18-11/h1-5,8,15H,6-7H2,(H2,13,16). The number of primary amides is 1. The summed E-state index contributed by atoms with van der Waals surface area (Å²) in [7, 11) is 0. The number of nitrogens with one attached hydrogen (secondary N) is 1. The van der Waals surface area contributed by atoms with Gasteiger partial charge in [-0.1, -0.05) is 6.07 Å². The lowest BCUT2D eigenvalue weighted by atomic mass is 10.3.